The van der Waals surface area contributed by atoms with Crippen molar-refractivity contribution in [3.05, 3.63) is 70.4 Å². The molecule has 7 nitrogen and oxygen atoms in total. The van der Waals surface area contributed by atoms with E-state index in [1.54, 1.807) is 23.1 Å². The number of aryl methyl sites for hydroxylation is 1. The molecule has 1 N–H and O–H groups in total. The van der Waals surface area contributed by atoms with Crippen molar-refractivity contribution in [2.75, 3.05) is 32.7 Å². The second-order valence-electron chi connectivity index (χ2n) is 9.66. The summed E-state index contributed by atoms with van der Waals surface area (Å²) in [6.07, 6.45) is 4.95. The van der Waals surface area contributed by atoms with Crippen LogP contribution in [0.3, 0.4) is 0 Å². The lowest BCUT2D eigenvalue weighted by Gasteiger charge is -2.32. The van der Waals surface area contributed by atoms with E-state index in [0.717, 1.165) is 43.4 Å². The molecule has 0 aliphatic carbocycles. The topological polar surface area (TPSA) is 62.5 Å². The molecule has 0 unspecified atom stereocenters. The highest BCUT2D eigenvalue weighted by Gasteiger charge is 2.27. The maximum absolute atomic E-state index is 13.8. The van der Waals surface area contributed by atoms with E-state index in [-0.39, 0.29) is 30.1 Å². The molecule has 2 amide bonds. The number of carbonyl (C=O) groups excluding carboxylic acids is 1. The van der Waals surface area contributed by atoms with Crippen molar-refractivity contribution >= 4 is 17.1 Å². The van der Waals surface area contributed by atoms with Crippen molar-refractivity contribution in [3.8, 4) is 0 Å². The third-order valence-corrected chi connectivity index (χ3v) is 7.43. The third kappa shape index (κ3) is 5.12. The molecule has 2 fully saturated rings. The highest BCUT2D eigenvalue weighted by atomic mass is 19.1. The molecule has 2 aromatic carbocycles. The fraction of sp³-hybridized carbons (Fsp3) is 0.481. The number of carbonyl (C=O) groups is 1. The number of rotatable bonds is 7. The Labute approximate surface area is 205 Å². The van der Waals surface area contributed by atoms with Crippen LogP contribution in [0.5, 0.6) is 0 Å². The average molecular weight is 480 g/mol. The highest BCUT2D eigenvalue weighted by molar-refractivity contribution is 5.76. The van der Waals surface area contributed by atoms with E-state index in [1.807, 2.05) is 33.4 Å². The van der Waals surface area contributed by atoms with Crippen LogP contribution in [-0.4, -0.2) is 57.7 Å². The summed E-state index contributed by atoms with van der Waals surface area (Å²) >= 11 is 0. The van der Waals surface area contributed by atoms with Gasteiger partial charge in [0.25, 0.3) is 0 Å². The zero-order valence-corrected chi connectivity index (χ0v) is 20.2. The van der Waals surface area contributed by atoms with Gasteiger partial charge in [-0.25, -0.2) is 14.0 Å². The van der Waals surface area contributed by atoms with Gasteiger partial charge in [-0.15, -0.1) is 0 Å². The summed E-state index contributed by atoms with van der Waals surface area (Å²) < 4.78 is 17.7. The monoisotopic (exact) mass is 479 g/mol. The standard InChI is InChI=1S/C27H34FN5O2/c28-23-9-2-1-8-21(23)20-29-26(34)31-18-12-22(13-19-31)33-25-11-4-3-10-24(25)32(27(33)35)17-7-16-30-14-5-6-15-30/h1-4,8-11,22H,5-7,12-20H2,(H,29,34). The van der Waals surface area contributed by atoms with E-state index in [4.69, 9.17) is 0 Å². The van der Waals surface area contributed by atoms with Crippen LogP contribution in [0, 0.1) is 5.82 Å². The lowest BCUT2D eigenvalue weighted by molar-refractivity contribution is 0.171. The molecule has 0 atom stereocenters. The first-order valence-corrected chi connectivity index (χ1v) is 12.8. The van der Waals surface area contributed by atoms with Gasteiger partial charge in [0.2, 0.25) is 0 Å². The summed E-state index contributed by atoms with van der Waals surface area (Å²) in [5.41, 5.74) is 2.49. The number of urea groups is 1. The normalized spacial score (nSPS) is 17.3. The van der Waals surface area contributed by atoms with Gasteiger partial charge in [-0.05, 0) is 69.9 Å². The van der Waals surface area contributed by atoms with Crippen molar-refractivity contribution in [2.45, 2.75) is 51.2 Å². The number of likely N-dealkylation sites (tertiary alicyclic amines) is 2. The average Bonchev–Trinajstić information content (AvgIpc) is 3.50. The van der Waals surface area contributed by atoms with E-state index >= 15 is 0 Å². The molecule has 8 heteroatoms. The third-order valence-electron chi connectivity index (χ3n) is 7.43. The van der Waals surface area contributed by atoms with E-state index in [1.165, 1.54) is 32.0 Å². The molecule has 0 spiro atoms. The molecule has 0 radical (unpaired) electrons. The van der Waals surface area contributed by atoms with Crippen LogP contribution in [0.25, 0.3) is 11.0 Å². The van der Waals surface area contributed by atoms with Crippen LogP contribution < -0.4 is 11.0 Å². The van der Waals surface area contributed by atoms with Crippen LogP contribution in [-0.2, 0) is 13.1 Å². The van der Waals surface area contributed by atoms with Crippen molar-refractivity contribution in [1.29, 1.82) is 0 Å². The molecular weight excluding hydrogens is 445 g/mol. The van der Waals surface area contributed by atoms with E-state index in [9.17, 15) is 14.0 Å². The van der Waals surface area contributed by atoms with Crippen LogP contribution in [0.1, 0.15) is 43.7 Å². The molecule has 2 saturated heterocycles. The zero-order valence-electron chi connectivity index (χ0n) is 20.2. The van der Waals surface area contributed by atoms with E-state index < -0.39 is 0 Å². The van der Waals surface area contributed by atoms with Gasteiger partial charge in [-0.3, -0.25) is 9.13 Å². The van der Waals surface area contributed by atoms with Gasteiger partial charge in [-0.2, -0.15) is 0 Å². The molecule has 35 heavy (non-hydrogen) atoms. The fourth-order valence-electron chi connectivity index (χ4n) is 5.51. The molecule has 2 aliphatic heterocycles. The second-order valence-corrected chi connectivity index (χ2v) is 9.66. The number of fused-ring (bicyclic) bond motifs is 1. The molecule has 2 aliphatic rings. The highest BCUT2D eigenvalue weighted by Crippen LogP contribution is 2.26. The number of nitrogens with one attached hydrogen (secondary N) is 1. The number of amides is 2. The number of imidazole rings is 1. The van der Waals surface area contributed by atoms with Gasteiger partial charge >= 0.3 is 11.7 Å². The Bertz CT molecular complexity index is 1220. The zero-order chi connectivity index (χ0) is 24.2. The smallest absolute Gasteiger partial charge is 0.329 e. The number of piperidine rings is 1. The van der Waals surface area contributed by atoms with E-state index in [0.29, 0.717) is 18.7 Å². The lowest BCUT2D eigenvalue weighted by Crippen LogP contribution is -2.45. The molecule has 5 rings (SSSR count). The summed E-state index contributed by atoms with van der Waals surface area (Å²) in [5, 5.41) is 2.83. The minimum absolute atomic E-state index is 0.0510. The fourth-order valence-corrected chi connectivity index (χ4v) is 5.51. The Hall–Kier alpha value is -3.13. The first-order chi connectivity index (χ1) is 17.1. The minimum atomic E-state index is -0.317. The molecule has 3 aromatic rings. The Morgan fingerprint density at radius 1 is 0.914 bits per heavy atom. The molecule has 1 aromatic heterocycles. The van der Waals surface area contributed by atoms with Gasteiger partial charge in [0.15, 0.2) is 0 Å². The van der Waals surface area contributed by atoms with Crippen molar-refractivity contribution in [2.24, 2.45) is 0 Å². The van der Waals surface area contributed by atoms with Gasteiger partial charge in [0.1, 0.15) is 5.82 Å². The summed E-state index contributed by atoms with van der Waals surface area (Å²) in [7, 11) is 0. The Balaban J connectivity index is 1.23. The maximum atomic E-state index is 13.8. The van der Waals surface area contributed by atoms with Crippen LogP contribution in [0.4, 0.5) is 9.18 Å². The first-order valence-electron chi connectivity index (χ1n) is 12.8. The minimum Gasteiger partial charge on any atom is -0.334 e. The van der Waals surface area contributed by atoms with E-state index in [2.05, 4.69) is 10.2 Å². The largest absolute Gasteiger partial charge is 0.334 e. The van der Waals surface area contributed by atoms with Crippen LogP contribution in [0.15, 0.2) is 53.3 Å². The van der Waals surface area contributed by atoms with Gasteiger partial charge in [-0.1, -0.05) is 30.3 Å². The maximum Gasteiger partial charge on any atom is 0.329 e. The molecule has 0 saturated carbocycles. The van der Waals surface area contributed by atoms with Crippen molar-refractivity contribution in [1.82, 2.24) is 24.3 Å². The predicted octanol–water partition coefficient (Wildman–Crippen LogP) is 3.97. The number of hydrogen-bond donors (Lipinski definition) is 1. The summed E-state index contributed by atoms with van der Waals surface area (Å²) in [5.74, 6) is -0.317. The Morgan fingerprint density at radius 2 is 1.60 bits per heavy atom. The van der Waals surface area contributed by atoms with Gasteiger partial charge < -0.3 is 15.1 Å². The van der Waals surface area contributed by atoms with Crippen LogP contribution in [0.2, 0.25) is 0 Å². The van der Waals surface area contributed by atoms with Gasteiger partial charge in [0, 0.05) is 37.8 Å². The van der Waals surface area contributed by atoms with Crippen LogP contribution >= 0.6 is 0 Å². The number of halogens is 1. The Kier molecular flexibility index (Phi) is 7.18. The Morgan fingerprint density at radius 3 is 2.34 bits per heavy atom. The summed E-state index contributed by atoms with van der Waals surface area (Å²) in [6.45, 7) is 5.39. The molecule has 3 heterocycles. The lowest BCUT2D eigenvalue weighted by atomic mass is 10.0. The number of hydrogen-bond acceptors (Lipinski definition) is 3. The summed E-state index contributed by atoms with van der Waals surface area (Å²) in [6, 6.07) is 14.4. The number of nitrogens with zero attached hydrogens (tertiary/aromatic N) is 4. The quantitative estimate of drug-likeness (QED) is 0.558. The number of para-hydroxylation sites is 2. The van der Waals surface area contributed by atoms with Gasteiger partial charge in [0.05, 0.1) is 11.0 Å². The molecule has 0 bridgehead atoms. The van der Waals surface area contributed by atoms with Crippen molar-refractivity contribution in [3.63, 3.8) is 0 Å². The van der Waals surface area contributed by atoms with Crippen molar-refractivity contribution < 1.29 is 9.18 Å². The summed E-state index contributed by atoms with van der Waals surface area (Å²) in [4.78, 5) is 30.4. The molecule has 186 valence electrons. The first kappa shape index (κ1) is 23.6. The number of benzene rings is 2. The number of aromatic nitrogens is 2. The second kappa shape index (κ2) is 10.6. The predicted molar refractivity (Wildman–Crippen MR) is 135 cm³/mol. The molecular formula is C27H34FN5O2. The SMILES string of the molecule is O=C(NCc1ccccc1F)N1CCC(n2c(=O)n(CCCN3CCCC3)c3ccccc32)CC1.